The van der Waals surface area contributed by atoms with Gasteiger partial charge in [-0.2, -0.15) is 0 Å². The highest BCUT2D eigenvalue weighted by Crippen LogP contribution is 2.28. The Hall–Kier alpha value is -0.970. The van der Waals surface area contributed by atoms with E-state index in [1.165, 1.54) is 19.3 Å². The minimum absolute atomic E-state index is 0. The normalized spacial score (nSPS) is 21.1. The smallest absolute Gasteiger partial charge is 0.255 e. The van der Waals surface area contributed by atoms with Crippen molar-refractivity contribution < 1.29 is 9.53 Å². The number of carbonyl (C=O) groups excluding carboxylic acids is 1. The van der Waals surface area contributed by atoms with Crippen molar-refractivity contribution in [1.82, 2.24) is 10.6 Å². The Morgan fingerprint density at radius 3 is 2.75 bits per heavy atom. The average molecular weight is 373 g/mol. The maximum atomic E-state index is 12.6. The third-order valence-corrected chi connectivity index (χ3v) is 4.97. The van der Waals surface area contributed by atoms with Crippen molar-refractivity contribution in [2.45, 2.75) is 44.6 Å². The second kappa shape index (κ2) is 9.50. The molecule has 3 rings (SSSR count). The van der Waals surface area contributed by atoms with Crippen molar-refractivity contribution in [3.8, 4) is 5.75 Å². The molecule has 2 N–H and O–H groups in total. The van der Waals surface area contributed by atoms with E-state index in [1.54, 1.807) is 12.1 Å². The minimum Gasteiger partial charge on any atom is -0.490 e. The summed E-state index contributed by atoms with van der Waals surface area (Å²) in [6.07, 6.45) is 7.10. The third-order valence-electron chi connectivity index (χ3n) is 4.73. The number of hydrogen-bond acceptors (Lipinski definition) is 3. The number of piperidine rings is 1. The molecule has 1 aliphatic heterocycles. The van der Waals surface area contributed by atoms with Gasteiger partial charge < -0.3 is 15.4 Å². The second-order valence-electron chi connectivity index (χ2n) is 6.59. The Kier molecular flexibility index (Phi) is 7.66. The molecule has 1 atom stereocenters. The molecule has 1 aromatic rings. The van der Waals surface area contributed by atoms with Crippen molar-refractivity contribution in [2.75, 3.05) is 19.6 Å². The number of rotatable bonds is 5. The fourth-order valence-electron chi connectivity index (χ4n) is 3.40. The summed E-state index contributed by atoms with van der Waals surface area (Å²) in [6.45, 7) is 2.75. The van der Waals surface area contributed by atoms with Crippen LogP contribution in [0.15, 0.2) is 18.2 Å². The molecule has 1 unspecified atom stereocenters. The first-order valence-corrected chi connectivity index (χ1v) is 9.05. The Bertz CT molecular complexity index is 542. The molecule has 0 spiro atoms. The van der Waals surface area contributed by atoms with Gasteiger partial charge in [0.15, 0.2) is 0 Å². The van der Waals surface area contributed by atoms with Crippen LogP contribution in [0.1, 0.15) is 48.9 Å². The molecule has 134 valence electrons. The fraction of sp³-hybridized carbons (Fsp3) is 0.611. The highest BCUT2D eigenvalue weighted by molar-refractivity contribution is 6.31. The first kappa shape index (κ1) is 19.4. The number of ether oxygens (including phenoxy) is 1. The van der Waals surface area contributed by atoms with Gasteiger partial charge in [0.2, 0.25) is 0 Å². The molecule has 1 saturated heterocycles. The summed E-state index contributed by atoms with van der Waals surface area (Å²) in [5, 5.41) is 6.98. The van der Waals surface area contributed by atoms with Crippen LogP contribution < -0.4 is 15.4 Å². The molecule has 1 aromatic carbocycles. The van der Waals surface area contributed by atoms with Gasteiger partial charge in [0.1, 0.15) is 5.75 Å². The molecule has 0 aromatic heterocycles. The van der Waals surface area contributed by atoms with Gasteiger partial charge >= 0.3 is 0 Å². The maximum absolute atomic E-state index is 12.6. The quantitative estimate of drug-likeness (QED) is 0.825. The lowest BCUT2D eigenvalue weighted by Crippen LogP contribution is -2.38. The van der Waals surface area contributed by atoms with Crippen LogP contribution in [0.2, 0.25) is 5.02 Å². The van der Waals surface area contributed by atoms with E-state index in [9.17, 15) is 4.79 Å². The molecule has 2 fully saturated rings. The second-order valence-corrected chi connectivity index (χ2v) is 7.02. The van der Waals surface area contributed by atoms with Gasteiger partial charge in [-0.1, -0.05) is 11.6 Å². The lowest BCUT2D eigenvalue weighted by Gasteiger charge is -2.23. The van der Waals surface area contributed by atoms with E-state index in [0.29, 0.717) is 28.8 Å². The van der Waals surface area contributed by atoms with Crippen LogP contribution in [0.25, 0.3) is 0 Å². The number of benzene rings is 1. The first-order valence-electron chi connectivity index (χ1n) is 8.67. The molecule has 1 heterocycles. The topological polar surface area (TPSA) is 50.4 Å². The fourth-order valence-corrected chi connectivity index (χ4v) is 3.57. The van der Waals surface area contributed by atoms with Gasteiger partial charge in [0.05, 0.1) is 11.7 Å². The van der Waals surface area contributed by atoms with Crippen LogP contribution in [0.3, 0.4) is 0 Å². The number of hydrogen-bond donors (Lipinski definition) is 2. The van der Waals surface area contributed by atoms with E-state index in [2.05, 4.69) is 10.6 Å². The third kappa shape index (κ3) is 5.27. The molecule has 24 heavy (non-hydrogen) atoms. The lowest BCUT2D eigenvalue weighted by molar-refractivity contribution is 0.0937. The summed E-state index contributed by atoms with van der Waals surface area (Å²) in [6, 6.07) is 5.31. The molecular formula is C18H26Cl2N2O2. The van der Waals surface area contributed by atoms with Crippen molar-refractivity contribution in [1.29, 1.82) is 0 Å². The number of nitrogens with one attached hydrogen (secondary N) is 2. The van der Waals surface area contributed by atoms with Gasteiger partial charge in [0, 0.05) is 11.6 Å². The number of halogens is 2. The standard InChI is InChI=1S/C18H25ClN2O2.ClH/c19-14-7-8-17(23-15-5-1-2-6-15)16(10-14)18(22)21-12-13-4-3-9-20-11-13;/h7-8,10,13,15,20H,1-6,9,11-12H2,(H,21,22);1H. The summed E-state index contributed by atoms with van der Waals surface area (Å²) < 4.78 is 6.04. The van der Waals surface area contributed by atoms with E-state index in [0.717, 1.165) is 32.4 Å². The molecule has 2 aliphatic rings. The molecule has 6 heteroatoms. The highest BCUT2D eigenvalue weighted by Gasteiger charge is 2.21. The van der Waals surface area contributed by atoms with Gasteiger partial charge in [-0.15, -0.1) is 12.4 Å². The molecule has 1 amide bonds. The molecule has 4 nitrogen and oxygen atoms in total. The average Bonchev–Trinajstić information content (AvgIpc) is 3.08. The summed E-state index contributed by atoms with van der Waals surface area (Å²) >= 11 is 6.08. The molecular weight excluding hydrogens is 347 g/mol. The summed E-state index contributed by atoms with van der Waals surface area (Å²) in [7, 11) is 0. The Balaban J connectivity index is 0.00000208. The van der Waals surface area contributed by atoms with Crippen LogP contribution >= 0.6 is 24.0 Å². The summed E-state index contributed by atoms with van der Waals surface area (Å²) in [5.74, 6) is 1.07. The zero-order valence-corrected chi connectivity index (χ0v) is 15.4. The Labute approximate surface area is 155 Å². The van der Waals surface area contributed by atoms with Crippen LogP contribution in [0.4, 0.5) is 0 Å². The molecule has 1 saturated carbocycles. The van der Waals surface area contributed by atoms with Crippen molar-refractivity contribution in [2.24, 2.45) is 5.92 Å². The predicted molar refractivity (Wildman–Crippen MR) is 99.5 cm³/mol. The monoisotopic (exact) mass is 372 g/mol. The number of carbonyl (C=O) groups is 1. The van der Waals surface area contributed by atoms with E-state index in [4.69, 9.17) is 16.3 Å². The molecule has 0 radical (unpaired) electrons. The SMILES string of the molecule is Cl.O=C(NCC1CCCNC1)c1cc(Cl)ccc1OC1CCCC1. The van der Waals surface area contributed by atoms with E-state index >= 15 is 0 Å². The zero-order chi connectivity index (χ0) is 16.1. The zero-order valence-electron chi connectivity index (χ0n) is 13.9. The molecule has 0 bridgehead atoms. The Morgan fingerprint density at radius 2 is 2.04 bits per heavy atom. The maximum Gasteiger partial charge on any atom is 0.255 e. The highest BCUT2D eigenvalue weighted by atomic mass is 35.5. The van der Waals surface area contributed by atoms with E-state index in [-0.39, 0.29) is 24.4 Å². The van der Waals surface area contributed by atoms with Crippen molar-refractivity contribution >= 4 is 29.9 Å². The minimum atomic E-state index is -0.0916. The van der Waals surface area contributed by atoms with Crippen LogP contribution in [0, 0.1) is 5.92 Å². The van der Waals surface area contributed by atoms with Gasteiger partial charge in [-0.3, -0.25) is 4.79 Å². The van der Waals surface area contributed by atoms with Gasteiger partial charge in [-0.25, -0.2) is 0 Å². The van der Waals surface area contributed by atoms with Crippen LogP contribution in [0.5, 0.6) is 5.75 Å². The van der Waals surface area contributed by atoms with Crippen molar-refractivity contribution in [3.63, 3.8) is 0 Å². The summed E-state index contributed by atoms with van der Waals surface area (Å²) in [5.41, 5.74) is 0.549. The van der Waals surface area contributed by atoms with Crippen molar-refractivity contribution in [3.05, 3.63) is 28.8 Å². The van der Waals surface area contributed by atoms with Gasteiger partial charge in [0.25, 0.3) is 5.91 Å². The molecule has 1 aliphatic carbocycles. The van der Waals surface area contributed by atoms with E-state index < -0.39 is 0 Å². The van der Waals surface area contributed by atoms with Crippen LogP contribution in [-0.2, 0) is 0 Å². The first-order chi connectivity index (χ1) is 11.2. The number of amides is 1. The largest absolute Gasteiger partial charge is 0.490 e. The summed E-state index contributed by atoms with van der Waals surface area (Å²) in [4.78, 5) is 12.6. The van der Waals surface area contributed by atoms with E-state index in [1.807, 2.05) is 6.07 Å². The Morgan fingerprint density at radius 1 is 1.25 bits per heavy atom. The van der Waals surface area contributed by atoms with Crippen LogP contribution in [-0.4, -0.2) is 31.6 Å². The van der Waals surface area contributed by atoms with Gasteiger partial charge in [-0.05, 0) is 75.7 Å². The lowest BCUT2D eigenvalue weighted by atomic mass is 9.99. The predicted octanol–water partition coefficient (Wildman–Crippen LogP) is 3.81.